The van der Waals surface area contributed by atoms with Gasteiger partial charge >= 0.3 is 0 Å². The number of aromatic nitrogens is 2. The molecular weight excluding hydrogens is 254 g/mol. The van der Waals surface area contributed by atoms with E-state index in [1.54, 1.807) is 0 Å². The second-order valence-electron chi connectivity index (χ2n) is 5.47. The van der Waals surface area contributed by atoms with Gasteiger partial charge in [0.2, 0.25) is 11.8 Å². The van der Waals surface area contributed by atoms with Crippen LogP contribution < -0.4 is 5.73 Å². The SMILES string of the molecule is Cc1cccc(Cc2nnc(C(O)[C@@H](N)C(C)C)o2)c1. The summed E-state index contributed by atoms with van der Waals surface area (Å²) in [6.45, 7) is 5.92. The molecule has 0 fully saturated rings. The van der Waals surface area contributed by atoms with Gasteiger partial charge in [-0.2, -0.15) is 0 Å². The number of hydrogen-bond donors (Lipinski definition) is 2. The average Bonchev–Trinajstić information content (AvgIpc) is 2.85. The zero-order valence-corrected chi connectivity index (χ0v) is 12.1. The monoisotopic (exact) mass is 275 g/mol. The highest BCUT2D eigenvalue weighted by atomic mass is 16.4. The minimum Gasteiger partial charge on any atom is -0.422 e. The van der Waals surface area contributed by atoms with Crippen molar-refractivity contribution in [2.75, 3.05) is 0 Å². The summed E-state index contributed by atoms with van der Waals surface area (Å²) in [6, 6.07) is 7.69. The van der Waals surface area contributed by atoms with Crippen molar-refractivity contribution in [3.8, 4) is 0 Å². The van der Waals surface area contributed by atoms with Gasteiger partial charge in [-0.1, -0.05) is 43.7 Å². The van der Waals surface area contributed by atoms with E-state index in [-0.39, 0.29) is 11.8 Å². The second kappa shape index (κ2) is 6.15. The molecule has 0 saturated carbocycles. The van der Waals surface area contributed by atoms with Crippen LogP contribution in [0.1, 0.15) is 42.9 Å². The Morgan fingerprint density at radius 2 is 2.05 bits per heavy atom. The lowest BCUT2D eigenvalue weighted by Gasteiger charge is -2.18. The van der Waals surface area contributed by atoms with Crippen molar-refractivity contribution in [3.05, 3.63) is 47.2 Å². The second-order valence-corrected chi connectivity index (χ2v) is 5.47. The Morgan fingerprint density at radius 1 is 1.30 bits per heavy atom. The first-order chi connectivity index (χ1) is 9.47. The van der Waals surface area contributed by atoms with Gasteiger partial charge < -0.3 is 15.3 Å². The average molecular weight is 275 g/mol. The summed E-state index contributed by atoms with van der Waals surface area (Å²) >= 11 is 0. The van der Waals surface area contributed by atoms with Crippen LogP contribution in [0.3, 0.4) is 0 Å². The zero-order valence-electron chi connectivity index (χ0n) is 12.1. The maximum atomic E-state index is 10.1. The van der Waals surface area contributed by atoms with E-state index in [2.05, 4.69) is 16.3 Å². The van der Waals surface area contributed by atoms with Crippen molar-refractivity contribution in [2.45, 2.75) is 39.3 Å². The molecule has 2 aromatic rings. The summed E-state index contributed by atoms with van der Waals surface area (Å²) in [5.41, 5.74) is 8.18. The quantitative estimate of drug-likeness (QED) is 0.871. The Hall–Kier alpha value is -1.72. The van der Waals surface area contributed by atoms with Crippen molar-refractivity contribution in [2.24, 2.45) is 11.7 Å². The summed E-state index contributed by atoms with van der Waals surface area (Å²) in [5.74, 6) is 0.812. The number of aliphatic hydroxyl groups excluding tert-OH is 1. The van der Waals surface area contributed by atoms with Crippen molar-refractivity contribution in [1.29, 1.82) is 0 Å². The van der Waals surface area contributed by atoms with Gasteiger partial charge in [0.1, 0.15) is 6.10 Å². The van der Waals surface area contributed by atoms with Crippen molar-refractivity contribution >= 4 is 0 Å². The fourth-order valence-corrected chi connectivity index (χ4v) is 1.98. The number of hydrogen-bond acceptors (Lipinski definition) is 5. The van der Waals surface area contributed by atoms with Gasteiger partial charge in [-0.3, -0.25) is 0 Å². The van der Waals surface area contributed by atoms with E-state index in [1.807, 2.05) is 39.0 Å². The predicted octanol–water partition coefficient (Wildman–Crippen LogP) is 1.99. The smallest absolute Gasteiger partial charge is 0.246 e. The molecule has 5 nitrogen and oxygen atoms in total. The Kier molecular flexibility index (Phi) is 4.52. The van der Waals surface area contributed by atoms with Crippen LogP contribution in [0.15, 0.2) is 28.7 Å². The van der Waals surface area contributed by atoms with E-state index < -0.39 is 12.1 Å². The first-order valence-electron chi connectivity index (χ1n) is 6.79. The number of aryl methyl sites for hydroxylation is 1. The number of nitrogens with two attached hydrogens (primary N) is 1. The number of benzene rings is 1. The molecule has 0 amide bonds. The normalized spacial score (nSPS) is 14.5. The third-order valence-corrected chi connectivity index (χ3v) is 3.31. The highest BCUT2D eigenvalue weighted by molar-refractivity contribution is 5.24. The fourth-order valence-electron chi connectivity index (χ4n) is 1.98. The van der Waals surface area contributed by atoms with Gasteiger partial charge in [0.05, 0.1) is 6.42 Å². The molecule has 1 aromatic heterocycles. The predicted molar refractivity (Wildman–Crippen MR) is 76.1 cm³/mol. The van der Waals surface area contributed by atoms with Crippen molar-refractivity contribution in [3.63, 3.8) is 0 Å². The molecule has 1 unspecified atom stereocenters. The van der Waals surface area contributed by atoms with Crippen LogP contribution in [-0.4, -0.2) is 21.3 Å². The number of aliphatic hydroxyl groups is 1. The lowest BCUT2D eigenvalue weighted by Crippen LogP contribution is -2.33. The maximum Gasteiger partial charge on any atom is 0.246 e. The third kappa shape index (κ3) is 3.43. The van der Waals surface area contributed by atoms with E-state index in [0.717, 1.165) is 5.56 Å². The molecule has 0 aliphatic carbocycles. The molecule has 20 heavy (non-hydrogen) atoms. The first kappa shape index (κ1) is 14.7. The van der Waals surface area contributed by atoms with Crippen LogP contribution in [0, 0.1) is 12.8 Å². The van der Waals surface area contributed by atoms with Crippen molar-refractivity contribution < 1.29 is 9.52 Å². The van der Waals surface area contributed by atoms with Crippen LogP contribution in [0.5, 0.6) is 0 Å². The topological polar surface area (TPSA) is 85.2 Å². The molecule has 1 heterocycles. The molecule has 0 aliphatic heterocycles. The summed E-state index contributed by atoms with van der Waals surface area (Å²) < 4.78 is 5.51. The van der Waals surface area contributed by atoms with Crippen LogP contribution in [0.25, 0.3) is 0 Å². The molecular formula is C15H21N3O2. The Balaban J connectivity index is 2.09. The van der Waals surface area contributed by atoms with Gasteiger partial charge in [-0.05, 0) is 18.4 Å². The highest BCUT2D eigenvalue weighted by Crippen LogP contribution is 2.20. The standard InChI is InChI=1S/C15H21N3O2/c1-9(2)13(16)14(19)15-18-17-12(20-15)8-11-6-4-5-10(3)7-11/h4-7,9,13-14,19H,8,16H2,1-3H3/t13-,14?/m0/s1. The maximum absolute atomic E-state index is 10.1. The summed E-state index contributed by atoms with van der Waals surface area (Å²) in [4.78, 5) is 0. The van der Waals surface area contributed by atoms with E-state index >= 15 is 0 Å². The van der Waals surface area contributed by atoms with Gasteiger partial charge in [0.15, 0.2) is 0 Å². The van der Waals surface area contributed by atoms with E-state index in [1.165, 1.54) is 5.56 Å². The zero-order chi connectivity index (χ0) is 14.7. The van der Waals surface area contributed by atoms with Gasteiger partial charge in [-0.15, -0.1) is 10.2 Å². The minimum absolute atomic E-state index is 0.136. The molecule has 0 spiro atoms. The molecule has 2 rings (SSSR count). The lowest BCUT2D eigenvalue weighted by atomic mass is 10.00. The van der Waals surface area contributed by atoms with Crippen molar-refractivity contribution in [1.82, 2.24) is 10.2 Å². The minimum atomic E-state index is -0.922. The summed E-state index contributed by atoms with van der Waals surface area (Å²) in [6.07, 6.45) is -0.369. The van der Waals surface area contributed by atoms with Crippen LogP contribution >= 0.6 is 0 Å². The van der Waals surface area contributed by atoms with Crippen LogP contribution in [-0.2, 0) is 6.42 Å². The molecule has 108 valence electrons. The molecule has 5 heteroatoms. The fraction of sp³-hybridized carbons (Fsp3) is 0.467. The molecule has 1 aromatic carbocycles. The Labute approximate surface area is 118 Å². The van der Waals surface area contributed by atoms with Gasteiger partial charge in [0.25, 0.3) is 0 Å². The van der Waals surface area contributed by atoms with E-state index in [0.29, 0.717) is 12.3 Å². The summed E-state index contributed by atoms with van der Waals surface area (Å²) in [5, 5.41) is 17.9. The van der Waals surface area contributed by atoms with E-state index in [4.69, 9.17) is 10.2 Å². The third-order valence-electron chi connectivity index (χ3n) is 3.31. The molecule has 0 saturated heterocycles. The molecule has 2 atom stereocenters. The molecule has 3 N–H and O–H groups in total. The van der Waals surface area contributed by atoms with Gasteiger partial charge in [-0.25, -0.2) is 0 Å². The molecule has 0 radical (unpaired) electrons. The number of nitrogens with zero attached hydrogens (tertiary/aromatic N) is 2. The Morgan fingerprint density at radius 3 is 2.70 bits per heavy atom. The van der Waals surface area contributed by atoms with E-state index in [9.17, 15) is 5.11 Å². The Bertz CT molecular complexity index is 566. The highest BCUT2D eigenvalue weighted by Gasteiger charge is 2.25. The first-order valence-corrected chi connectivity index (χ1v) is 6.79. The molecule has 0 aliphatic rings. The molecule has 0 bridgehead atoms. The lowest BCUT2D eigenvalue weighted by molar-refractivity contribution is 0.0961. The van der Waals surface area contributed by atoms with Crippen LogP contribution in [0.4, 0.5) is 0 Å². The largest absolute Gasteiger partial charge is 0.422 e. The number of rotatable bonds is 5. The summed E-state index contributed by atoms with van der Waals surface area (Å²) in [7, 11) is 0. The van der Waals surface area contributed by atoms with Gasteiger partial charge in [0, 0.05) is 6.04 Å². The van der Waals surface area contributed by atoms with Crippen LogP contribution in [0.2, 0.25) is 0 Å².